The van der Waals surface area contributed by atoms with Crippen molar-refractivity contribution >= 4 is 69.1 Å². The quantitative estimate of drug-likeness (QED) is 0.0524. The highest BCUT2D eigenvalue weighted by molar-refractivity contribution is 8.13. The predicted molar refractivity (Wildman–Crippen MR) is 215 cm³/mol. The standard InChI is InChI=1S/C34H60N7O17P3S/c1-4-5-6-7-8-9-10-11-12-13-14-25(43)62-18-17-36-24(42)15-16-37-32(46)29(45)34(2,3)20-55-61(52,53)58-60(50,51)54-19-23-28(57-59(47,48)49)27(44)33(56-23)41-22-40-26-30(35)38-21-39-31(26)41/h21-23,27-29,33,44-45H,4-20H2,1-3H3,(H,36,42)(H,37,46)(H,50,51)(H,52,53)(H2,35,38,39)(H2,47,48,49)/p-4/t23-,27-,28-,29+,33-/m1/s1. The van der Waals surface area contributed by atoms with E-state index in [0.29, 0.717) is 12.2 Å². The summed E-state index contributed by atoms with van der Waals surface area (Å²) >= 11 is 1.14. The maximum Gasteiger partial charge on any atom is 0.274 e. The first-order chi connectivity index (χ1) is 29.1. The van der Waals surface area contributed by atoms with Crippen LogP contribution in [-0.2, 0) is 50.7 Å². The number of hydrogen-bond acceptors (Lipinski definition) is 22. The van der Waals surface area contributed by atoms with Crippen LogP contribution in [0.1, 0.15) is 104 Å². The Kier molecular flexibility index (Phi) is 22.0. The second kappa shape index (κ2) is 25.3. The SMILES string of the molecule is CCCCCCCCCCCCC(=O)SCCNC(=O)CCNC(=O)[C@H](O)C(C)(C)COP(=O)([O-])OP(=O)([O-])OC[C@H]1O[C@@H](n2cnc3c(N)ncnc32)[C@H](O)[C@@H]1OP(=O)([O-])[O-]. The molecule has 3 rings (SSSR count). The first-order valence-corrected chi connectivity index (χ1v) is 25.4. The predicted octanol–water partition coefficient (Wildman–Crippen LogP) is 0.448. The number of hydrogen-bond donors (Lipinski definition) is 5. The number of imidazole rings is 1. The summed E-state index contributed by atoms with van der Waals surface area (Å²) in [6.45, 7) is 2.37. The van der Waals surface area contributed by atoms with Gasteiger partial charge in [-0.15, -0.1) is 0 Å². The molecule has 28 heteroatoms. The number of phosphoric acid groups is 3. The van der Waals surface area contributed by atoms with Gasteiger partial charge < -0.3 is 69.0 Å². The molecule has 0 saturated carbocycles. The fourth-order valence-corrected chi connectivity index (χ4v) is 9.56. The van der Waals surface area contributed by atoms with E-state index in [2.05, 4.69) is 50.4 Å². The van der Waals surface area contributed by atoms with E-state index >= 15 is 0 Å². The summed E-state index contributed by atoms with van der Waals surface area (Å²) in [4.78, 5) is 96.5. The highest BCUT2D eigenvalue weighted by Gasteiger charge is 2.47. The molecule has 3 heterocycles. The lowest BCUT2D eigenvalue weighted by molar-refractivity contribution is -0.347. The van der Waals surface area contributed by atoms with Gasteiger partial charge >= 0.3 is 0 Å². The van der Waals surface area contributed by atoms with Crippen molar-refractivity contribution in [3.05, 3.63) is 12.7 Å². The highest BCUT2D eigenvalue weighted by atomic mass is 32.2. The van der Waals surface area contributed by atoms with Crippen molar-refractivity contribution in [2.75, 3.05) is 37.8 Å². The van der Waals surface area contributed by atoms with Gasteiger partial charge in [-0.3, -0.25) is 28.1 Å². The van der Waals surface area contributed by atoms with Crippen molar-refractivity contribution < 1.29 is 80.5 Å². The van der Waals surface area contributed by atoms with Gasteiger partial charge in [0.25, 0.3) is 15.6 Å². The first-order valence-electron chi connectivity index (χ1n) is 20.0. The van der Waals surface area contributed by atoms with E-state index < -0.39 is 84.6 Å². The fraction of sp³-hybridized carbons (Fsp3) is 0.765. The van der Waals surface area contributed by atoms with Crippen LogP contribution in [0.4, 0.5) is 5.82 Å². The number of fused-ring (bicyclic) bond motifs is 1. The number of carbonyl (C=O) groups is 3. The van der Waals surface area contributed by atoms with Crippen LogP contribution in [0.3, 0.4) is 0 Å². The van der Waals surface area contributed by atoms with Crippen LogP contribution >= 0.6 is 35.2 Å². The summed E-state index contributed by atoms with van der Waals surface area (Å²) in [5.74, 6) is -1.13. The minimum Gasteiger partial charge on any atom is -0.790 e. The van der Waals surface area contributed by atoms with Crippen LogP contribution in [0.25, 0.3) is 11.2 Å². The summed E-state index contributed by atoms with van der Waals surface area (Å²) in [6, 6.07) is 0. The van der Waals surface area contributed by atoms with Crippen LogP contribution in [0.2, 0.25) is 0 Å². The van der Waals surface area contributed by atoms with Crippen molar-refractivity contribution in [1.82, 2.24) is 30.2 Å². The van der Waals surface area contributed by atoms with Gasteiger partial charge in [0, 0.05) is 37.1 Å². The molecule has 0 aliphatic carbocycles. The molecule has 2 aromatic heterocycles. The maximum atomic E-state index is 12.6. The number of anilines is 1. The first kappa shape index (κ1) is 53.9. The largest absolute Gasteiger partial charge is 0.790 e. The molecule has 1 fully saturated rings. The summed E-state index contributed by atoms with van der Waals surface area (Å²) < 4.78 is 60.7. The zero-order valence-corrected chi connectivity index (χ0v) is 38.2. The van der Waals surface area contributed by atoms with Gasteiger partial charge in [-0.2, -0.15) is 0 Å². The van der Waals surface area contributed by atoms with Gasteiger partial charge in [-0.05, 0) is 6.42 Å². The molecule has 354 valence electrons. The van der Waals surface area contributed by atoms with Crippen LogP contribution in [0, 0.1) is 5.41 Å². The second-order valence-electron chi connectivity index (χ2n) is 15.1. The van der Waals surface area contributed by atoms with E-state index in [1.807, 2.05) is 0 Å². The monoisotopic (exact) mass is 959 g/mol. The lowest BCUT2D eigenvalue weighted by Gasteiger charge is -2.36. The molecule has 0 aromatic carbocycles. The van der Waals surface area contributed by atoms with E-state index in [0.717, 1.165) is 48.2 Å². The molecule has 0 bridgehead atoms. The Hall–Kier alpha value is -2.44. The molecule has 1 saturated heterocycles. The highest BCUT2D eigenvalue weighted by Crippen LogP contribution is 2.56. The van der Waals surface area contributed by atoms with Crippen molar-refractivity contribution in [3.8, 4) is 0 Å². The van der Waals surface area contributed by atoms with E-state index in [-0.39, 0.29) is 41.6 Å². The van der Waals surface area contributed by atoms with Gasteiger partial charge in [0.05, 0.1) is 27.4 Å². The van der Waals surface area contributed by atoms with Crippen molar-refractivity contribution in [1.29, 1.82) is 0 Å². The summed E-state index contributed by atoms with van der Waals surface area (Å²) in [5, 5.41) is 26.4. The Morgan fingerprint density at radius 2 is 1.56 bits per heavy atom. The Bertz CT molecular complexity index is 1910. The molecule has 1 aliphatic rings. The van der Waals surface area contributed by atoms with Crippen molar-refractivity contribution in [2.45, 2.75) is 128 Å². The number of nitrogen functional groups attached to an aromatic ring is 1. The molecule has 2 unspecified atom stereocenters. The zero-order valence-electron chi connectivity index (χ0n) is 34.7. The number of unbranched alkanes of at least 4 members (excludes halogenated alkanes) is 9. The Morgan fingerprint density at radius 3 is 2.21 bits per heavy atom. The Balaban J connectivity index is 1.37. The number of phosphoric ester groups is 3. The average Bonchev–Trinajstić information content (AvgIpc) is 3.75. The number of nitrogens with one attached hydrogen (secondary N) is 2. The van der Waals surface area contributed by atoms with E-state index in [4.69, 9.17) is 10.5 Å². The fourth-order valence-electron chi connectivity index (χ4n) is 6.10. The number of aromatic nitrogens is 4. The topological polar surface area (TPSA) is 375 Å². The third-order valence-corrected chi connectivity index (χ3v) is 13.4. The number of thioether (sulfide) groups is 1. The number of amides is 2. The van der Waals surface area contributed by atoms with E-state index in [1.54, 1.807) is 0 Å². The minimum atomic E-state index is -5.91. The van der Waals surface area contributed by atoms with Crippen LogP contribution < -0.4 is 35.9 Å². The molecule has 62 heavy (non-hydrogen) atoms. The molecular formula is C34H56N7O17P3S-4. The third kappa shape index (κ3) is 18.6. The van der Waals surface area contributed by atoms with Crippen LogP contribution in [0.15, 0.2) is 12.7 Å². The number of aliphatic hydroxyl groups excluding tert-OH is 2. The number of carbonyl (C=O) groups excluding carboxylic acids is 3. The molecule has 24 nitrogen and oxygen atoms in total. The molecule has 2 amide bonds. The number of aliphatic hydroxyl groups is 2. The Morgan fingerprint density at radius 1 is 0.935 bits per heavy atom. The second-order valence-corrected chi connectivity index (χ2v) is 20.4. The number of ether oxygens (including phenoxy) is 1. The van der Waals surface area contributed by atoms with Gasteiger partial charge in [0.15, 0.2) is 22.8 Å². The molecule has 0 spiro atoms. The third-order valence-electron chi connectivity index (χ3n) is 9.47. The van der Waals surface area contributed by atoms with Gasteiger partial charge in [-0.25, -0.2) is 19.3 Å². The normalized spacial score (nSPS) is 20.7. The van der Waals surface area contributed by atoms with Crippen LogP contribution in [0.5, 0.6) is 0 Å². The summed E-state index contributed by atoms with van der Waals surface area (Å²) in [5.41, 5.74) is 4.09. The number of rotatable bonds is 30. The molecule has 0 radical (unpaired) electrons. The van der Waals surface area contributed by atoms with Crippen LogP contribution in [-0.4, -0.2) is 103 Å². The average molecular weight is 960 g/mol. The molecule has 6 N–H and O–H groups in total. The summed E-state index contributed by atoms with van der Waals surface area (Å²) in [6.07, 6.45) is 4.64. The summed E-state index contributed by atoms with van der Waals surface area (Å²) in [7, 11) is -17.6. The smallest absolute Gasteiger partial charge is 0.274 e. The number of nitrogens with zero attached hydrogens (tertiary/aromatic N) is 4. The zero-order chi connectivity index (χ0) is 46.1. The number of nitrogens with two attached hydrogens (primary N) is 1. The maximum absolute atomic E-state index is 12.6. The molecule has 7 atom stereocenters. The van der Waals surface area contributed by atoms with Crippen molar-refractivity contribution in [2.24, 2.45) is 5.41 Å². The molecule has 1 aliphatic heterocycles. The lowest BCUT2D eigenvalue weighted by Crippen LogP contribution is -2.46. The lowest BCUT2D eigenvalue weighted by atomic mass is 9.87. The van der Waals surface area contributed by atoms with Gasteiger partial charge in [0.1, 0.15) is 36.3 Å². The minimum absolute atomic E-state index is 0.0185. The molecular weight excluding hydrogens is 903 g/mol. The van der Waals surface area contributed by atoms with E-state index in [9.17, 15) is 57.9 Å². The van der Waals surface area contributed by atoms with E-state index in [1.165, 1.54) is 58.8 Å². The van der Waals surface area contributed by atoms with Crippen molar-refractivity contribution in [3.63, 3.8) is 0 Å². The Labute approximate surface area is 363 Å². The van der Waals surface area contributed by atoms with Gasteiger partial charge in [0.2, 0.25) is 11.8 Å². The molecule has 2 aromatic rings. The van der Waals surface area contributed by atoms with Gasteiger partial charge in [-0.1, -0.05) is 90.3 Å².